The van der Waals surface area contributed by atoms with Gasteiger partial charge in [0, 0.05) is 11.3 Å². The topological polar surface area (TPSA) is 69.8 Å². The van der Waals surface area contributed by atoms with Crippen molar-refractivity contribution in [3.8, 4) is 10.6 Å². The zero-order chi connectivity index (χ0) is 14.2. The fraction of sp³-hybridized carbons (Fsp3) is 0.0667. The van der Waals surface area contributed by atoms with Gasteiger partial charge in [0.1, 0.15) is 6.17 Å². The summed E-state index contributed by atoms with van der Waals surface area (Å²) >= 11 is 1.63. The molecule has 6 heteroatoms. The van der Waals surface area contributed by atoms with E-state index < -0.39 is 0 Å². The Hall–Kier alpha value is -2.60. The highest BCUT2D eigenvalue weighted by Gasteiger charge is 2.27. The molecule has 3 heterocycles. The highest BCUT2D eigenvalue weighted by atomic mass is 32.1. The van der Waals surface area contributed by atoms with Gasteiger partial charge >= 0.3 is 0 Å². The van der Waals surface area contributed by atoms with Crippen LogP contribution in [0.3, 0.4) is 0 Å². The van der Waals surface area contributed by atoms with Crippen LogP contribution in [0, 0.1) is 0 Å². The highest BCUT2D eigenvalue weighted by molar-refractivity contribution is 7.13. The van der Waals surface area contributed by atoms with E-state index in [9.17, 15) is 4.79 Å². The molecule has 1 amide bonds. The number of H-pyrrole nitrogens is 1. The number of anilines is 1. The first kappa shape index (κ1) is 12.2. The van der Waals surface area contributed by atoms with E-state index in [0.717, 1.165) is 21.8 Å². The lowest BCUT2D eigenvalue weighted by molar-refractivity contribution is 0.0936. The standard InChI is InChI=1S/C15H12N4OS/c20-15-9-4-1-2-5-11(9)17-14(18-15)10-8-16-19-13(10)12-6-3-7-21-12/h1-8,14,17H,(H,16,19)(H,18,20). The van der Waals surface area contributed by atoms with Crippen molar-refractivity contribution in [3.05, 3.63) is 59.1 Å². The lowest BCUT2D eigenvalue weighted by Crippen LogP contribution is -2.38. The number of nitrogens with zero attached hydrogens (tertiary/aromatic N) is 1. The quantitative estimate of drug-likeness (QED) is 0.681. The molecule has 0 radical (unpaired) electrons. The van der Waals surface area contributed by atoms with Crippen molar-refractivity contribution in [2.24, 2.45) is 0 Å². The number of hydrogen-bond acceptors (Lipinski definition) is 4. The third kappa shape index (κ3) is 2.00. The molecule has 1 aliphatic heterocycles. The second-order valence-electron chi connectivity index (χ2n) is 4.77. The smallest absolute Gasteiger partial charge is 0.255 e. The lowest BCUT2D eigenvalue weighted by Gasteiger charge is -2.27. The molecule has 0 bridgehead atoms. The molecule has 5 nitrogen and oxygen atoms in total. The summed E-state index contributed by atoms with van der Waals surface area (Å²) in [6.45, 7) is 0. The van der Waals surface area contributed by atoms with Gasteiger partial charge in [0.2, 0.25) is 0 Å². The molecule has 0 saturated heterocycles. The third-order valence-electron chi connectivity index (χ3n) is 3.49. The molecule has 104 valence electrons. The number of rotatable bonds is 2. The van der Waals surface area contributed by atoms with Crippen molar-refractivity contribution in [2.75, 3.05) is 5.32 Å². The minimum Gasteiger partial charge on any atom is -0.361 e. The van der Waals surface area contributed by atoms with Crippen molar-refractivity contribution in [3.63, 3.8) is 0 Å². The fourth-order valence-electron chi connectivity index (χ4n) is 2.50. The summed E-state index contributed by atoms with van der Waals surface area (Å²) in [6.07, 6.45) is 1.46. The average Bonchev–Trinajstić information content (AvgIpc) is 3.18. The lowest BCUT2D eigenvalue weighted by atomic mass is 10.1. The van der Waals surface area contributed by atoms with Crippen LogP contribution in [0.1, 0.15) is 22.1 Å². The Labute approximate surface area is 125 Å². The second-order valence-corrected chi connectivity index (χ2v) is 5.72. The Bertz CT molecular complexity index is 794. The van der Waals surface area contributed by atoms with Crippen LogP contribution in [0.2, 0.25) is 0 Å². The van der Waals surface area contributed by atoms with Crippen molar-refractivity contribution < 1.29 is 4.79 Å². The van der Waals surface area contributed by atoms with Gasteiger partial charge in [0.25, 0.3) is 5.91 Å². The number of benzene rings is 1. The van der Waals surface area contributed by atoms with Gasteiger partial charge in [-0.25, -0.2) is 0 Å². The third-order valence-corrected chi connectivity index (χ3v) is 4.38. The van der Waals surface area contributed by atoms with Crippen molar-refractivity contribution in [2.45, 2.75) is 6.17 Å². The second kappa shape index (κ2) is 4.75. The first-order valence-corrected chi connectivity index (χ1v) is 7.44. The Morgan fingerprint density at radius 2 is 2.00 bits per heavy atom. The van der Waals surface area contributed by atoms with Gasteiger partial charge in [-0.1, -0.05) is 18.2 Å². The number of para-hydroxylation sites is 1. The molecule has 0 aliphatic carbocycles. The molecule has 3 aromatic rings. The molecule has 1 atom stereocenters. The summed E-state index contributed by atoms with van der Waals surface area (Å²) in [6, 6.07) is 11.5. The predicted molar refractivity (Wildman–Crippen MR) is 82.2 cm³/mol. The molecule has 4 rings (SSSR count). The van der Waals surface area contributed by atoms with Crippen LogP contribution in [0.4, 0.5) is 5.69 Å². The number of aromatic amines is 1. The maximum atomic E-state index is 12.2. The number of nitrogens with one attached hydrogen (secondary N) is 3. The van der Waals surface area contributed by atoms with Crippen LogP contribution in [-0.4, -0.2) is 16.1 Å². The molecule has 2 aromatic heterocycles. The maximum Gasteiger partial charge on any atom is 0.255 e. The van der Waals surface area contributed by atoms with E-state index in [-0.39, 0.29) is 12.1 Å². The van der Waals surface area contributed by atoms with Gasteiger partial charge in [-0.05, 0) is 23.6 Å². The summed E-state index contributed by atoms with van der Waals surface area (Å²) in [7, 11) is 0. The number of thiophene rings is 1. The number of carbonyl (C=O) groups excluding carboxylic acids is 1. The van der Waals surface area contributed by atoms with Crippen LogP contribution < -0.4 is 10.6 Å². The number of aromatic nitrogens is 2. The molecular formula is C15H12N4OS. The van der Waals surface area contributed by atoms with E-state index in [1.54, 1.807) is 17.5 Å². The molecule has 1 aliphatic rings. The Morgan fingerprint density at radius 1 is 1.10 bits per heavy atom. The summed E-state index contributed by atoms with van der Waals surface area (Å²) in [5.74, 6) is -0.0762. The molecule has 3 N–H and O–H groups in total. The Balaban J connectivity index is 1.74. The van der Waals surface area contributed by atoms with E-state index >= 15 is 0 Å². The normalized spacial score (nSPS) is 17.0. The van der Waals surface area contributed by atoms with E-state index in [1.165, 1.54) is 0 Å². The Morgan fingerprint density at radius 3 is 2.86 bits per heavy atom. The monoisotopic (exact) mass is 296 g/mol. The van der Waals surface area contributed by atoms with Gasteiger partial charge < -0.3 is 10.6 Å². The molecule has 0 saturated carbocycles. The molecule has 21 heavy (non-hydrogen) atoms. The Kier molecular flexibility index (Phi) is 2.75. The van der Waals surface area contributed by atoms with Crippen LogP contribution in [-0.2, 0) is 0 Å². The molecule has 1 unspecified atom stereocenters. The minimum atomic E-state index is -0.289. The summed E-state index contributed by atoms with van der Waals surface area (Å²) < 4.78 is 0. The van der Waals surface area contributed by atoms with Gasteiger partial charge in [-0.3, -0.25) is 9.89 Å². The van der Waals surface area contributed by atoms with Crippen LogP contribution in [0.25, 0.3) is 10.6 Å². The van der Waals surface area contributed by atoms with Crippen molar-refractivity contribution >= 4 is 22.9 Å². The molecule has 1 aromatic carbocycles. The fourth-order valence-corrected chi connectivity index (χ4v) is 3.24. The SMILES string of the molecule is O=C1NC(c2cn[nH]c2-c2cccs2)Nc2ccccc21. The number of fused-ring (bicyclic) bond motifs is 1. The van der Waals surface area contributed by atoms with E-state index in [2.05, 4.69) is 20.8 Å². The minimum absolute atomic E-state index is 0.0762. The van der Waals surface area contributed by atoms with Gasteiger partial charge in [0.15, 0.2) is 0 Å². The van der Waals surface area contributed by atoms with Crippen molar-refractivity contribution in [1.82, 2.24) is 15.5 Å². The molecule has 0 spiro atoms. The van der Waals surface area contributed by atoms with Crippen molar-refractivity contribution in [1.29, 1.82) is 0 Å². The number of carbonyl (C=O) groups is 1. The average molecular weight is 296 g/mol. The summed E-state index contributed by atoms with van der Waals surface area (Å²) in [4.78, 5) is 13.3. The highest BCUT2D eigenvalue weighted by Crippen LogP contribution is 2.32. The van der Waals surface area contributed by atoms with E-state index in [1.807, 2.05) is 41.8 Å². The summed E-state index contributed by atoms with van der Waals surface area (Å²) in [5, 5.41) is 15.5. The van der Waals surface area contributed by atoms with E-state index in [0.29, 0.717) is 5.56 Å². The zero-order valence-corrected chi connectivity index (χ0v) is 11.8. The first-order chi connectivity index (χ1) is 10.3. The largest absolute Gasteiger partial charge is 0.361 e. The van der Waals surface area contributed by atoms with Crippen LogP contribution in [0.5, 0.6) is 0 Å². The van der Waals surface area contributed by atoms with Crippen LogP contribution >= 0.6 is 11.3 Å². The predicted octanol–water partition coefficient (Wildman–Crippen LogP) is 2.99. The van der Waals surface area contributed by atoms with E-state index in [4.69, 9.17) is 0 Å². The molecule has 0 fully saturated rings. The maximum absolute atomic E-state index is 12.2. The first-order valence-electron chi connectivity index (χ1n) is 6.56. The van der Waals surface area contributed by atoms with Gasteiger partial charge in [-0.15, -0.1) is 11.3 Å². The van der Waals surface area contributed by atoms with Gasteiger partial charge in [0.05, 0.1) is 22.3 Å². The number of amides is 1. The zero-order valence-electron chi connectivity index (χ0n) is 11.0. The molecular weight excluding hydrogens is 284 g/mol. The van der Waals surface area contributed by atoms with Crippen LogP contribution in [0.15, 0.2) is 48.0 Å². The number of hydrogen-bond donors (Lipinski definition) is 3. The van der Waals surface area contributed by atoms with Gasteiger partial charge in [-0.2, -0.15) is 5.10 Å². The summed E-state index contributed by atoms with van der Waals surface area (Å²) in [5.41, 5.74) is 3.36.